The second-order valence-corrected chi connectivity index (χ2v) is 7.71. The number of ether oxygens (including phenoxy) is 2. The van der Waals surface area contributed by atoms with Gasteiger partial charge in [0.2, 0.25) is 0 Å². The average Bonchev–Trinajstić information content (AvgIpc) is 3.24. The molecule has 7 heteroatoms. The Hall–Kier alpha value is -1.76. The van der Waals surface area contributed by atoms with Gasteiger partial charge in [0.1, 0.15) is 0 Å². The van der Waals surface area contributed by atoms with Crippen LogP contribution in [0, 0.1) is 53.3 Å². The highest BCUT2D eigenvalue weighted by Crippen LogP contribution is 2.72. The number of esters is 3. The molecule has 5 aliphatic rings. The van der Waals surface area contributed by atoms with Crippen LogP contribution in [0.2, 0.25) is 0 Å². The minimum Gasteiger partial charge on any atom is -0.395 e. The van der Waals surface area contributed by atoms with Crippen LogP contribution >= 0.6 is 0 Å². The molecule has 1 saturated heterocycles. The zero-order valence-corrected chi connectivity index (χ0v) is 12.3. The normalized spacial score (nSPS) is 54.8. The fraction of sp³-hybridized carbons (Fsp3) is 0.750. The van der Waals surface area contributed by atoms with Gasteiger partial charge in [-0.05, 0) is 48.3 Å². The summed E-state index contributed by atoms with van der Waals surface area (Å²) in [6, 6.07) is -0.334. The first-order valence-electron chi connectivity index (χ1n) is 8.20. The highest BCUT2D eigenvalue weighted by Gasteiger charge is 2.74. The molecule has 0 aromatic carbocycles. The smallest absolute Gasteiger partial charge is 0.318 e. The number of hydrogen-bond donors (Lipinski definition) is 1. The van der Waals surface area contributed by atoms with Crippen LogP contribution in [-0.2, 0) is 28.7 Å². The van der Waals surface area contributed by atoms with Crippen molar-refractivity contribution in [3.63, 3.8) is 0 Å². The Morgan fingerprint density at radius 2 is 1.61 bits per heavy atom. The standard InChI is InChI=1S/C16H17NO6/c17-13-7-2-6(12(13)14(19)22-3-18)8-4-1-5(9(7)8)11-10(4)15(20)23-16(11)21/h3-13H,1-2,17H2/t4-,5+,6-,7+,8?,9?,10-,11+,12-,13+/m1/s1. The molecule has 0 aromatic heterocycles. The Labute approximate surface area is 131 Å². The van der Waals surface area contributed by atoms with Crippen LogP contribution < -0.4 is 5.73 Å². The van der Waals surface area contributed by atoms with E-state index in [-0.39, 0.29) is 59.9 Å². The first-order valence-corrected chi connectivity index (χ1v) is 8.20. The lowest BCUT2D eigenvalue weighted by molar-refractivity contribution is -0.159. The third kappa shape index (κ3) is 1.40. The summed E-state index contributed by atoms with van der Waals surface area (Å²) in [6.07, 6.45) is 1.67. The highest BCUT2D eigenvalue weighted by atomic mass is 16.6. The van der Waals surface area contributed by atoms with Crippen molar-refractivity contribution < 1.29 is 28.7 Å². The molecule has 10 atom stereocenters. The van der Waals surface area contributed by atoms with Crippen LogP contribution in [0.1, 0.15) is 12.8 Å². The minimum atomic E-state index is -0.553. The van der Waals surface area contributed by atoms with E-state index in [0.29, 0.717) is 5.92 Å². The molecule has 2 N–H and O–H groups in total. The molecule has 7 nitrogen and oxygen atoms in total. The summed E-state index contributed by atoms with van der Waals surface area (Å²) >= 11 is 0. The molecular weight excluding hydrogens is 302 g/mol. The number of fused-ring (bicyclic) bond motifs is 12. The molecule has 0 radical (unpaired) electrons. The lowest BCUT2D eigenvalue weighted by Crippen LogP contribution is -2.51. The number of cyclic esters (lactones) is 2. The van der Waals surface area contributed by atoms with Gasteiger partial charge in [-0.25, -0.2) is 0 Å². The van der Waals surface area contributed by atoms with Crippen molar-refractivity contribution in [3.05, 3.63) is 0 Å². The molecule has 0 aromatic rings. The molecule has 4 saturated carbocycles. The molecule has 0 spiro atoms. The third-order valence-electron chi connectivity index (χ3n) is 7.37. The fourth-order valence-corrected chi connectivity index (χ4v) is 7.03. The first-order chi connectivity index (χ1) is 11.0. The van der Waals surface area contributed by atoms with Crippen LogP contribution in [0.4, 0.5) is 0 Å². The average molecular weight is 319 g/mol. The highest BCUT2D eigenvalue weighted by molar-refractivity contribution is 5.97. The molecule has 122 valence electrons. The van der Waals surface area contributed by atoms with Crippen LogP contribution in [0.15, 0.2) is 0 Å². The summed E-state index contributed by atoms with van der Waals surface area (Å²) in [7, 11) is 0. The minimum absolute atomic E-state index is 0.0481. The maximum Gasteiger partial charge on any atom is 0.318 e. The number of hydrogen-bond acceptors (Lipinski definition) is 7. The van der Waals surface area contributed by atoms with Crippen molar-refractivity contribution in [1.29, 1.82) is 0 Å². The van der Waals surface area contributed by atoms with Crippen LogP contribution in [0.25, 0.3) is 0 Å². The van der Waals surface area contributed by atoms with E-state index in [1.165, 1.54) is 0 Å². The van der Waals surface area contributed by atoms with Gasteiger partial charge < -0.3 is 15.2 Å². The summed E-state index contributed by atoms with van der Waals surface area (Å²) in [5.74, 6) is -1.48. The number of rotatable bonds is 2. The quantitative estimate of drug-likeness (QED) is 0.315. The predicted molar refractivity (Wildman–Crippen MR) is 71.9 cm³/mol. The van der Waals surface area contributed by atoms with Crippen molar-refractivity contribution in [2.45, 2.75) is 18.9 Å². The molecule has 1 heterocycles. The molecule has 1 aliphatic heterocycles. The Kier molecular flexibility index (Phi) is 2.49. The van der Waals surface area contributed by atoms with E-state index in [1.54, 1.807) is 0 Å². The Balaban J connectivity index is 1.50. The first kappa shape index (κ1) is 13.7. The van der Waals surface area contributed by atoms with E-state index in [1.807, 2.05) is 0 Å². The molecule has 2 unspecified atom stereocenters. The van der Waals surface area contributed by atoms with E-state index in [0.717, 1.165) is 12.8 Å². The van der Waals surface area contributed by atoms with Gasteiger partial charge in [0.25, 0.3) is 0 Å². The monoisotopic (exact) mass is 319 g/mol. The van der Waals surface area contributed by atoms with Gasteiger partial charge in [-0.3, -0.25) is 19.2 Å². The number of nitrogens with two attached hydrogens (primary N) is 1. The number of carbonyl (C=O) groups is 4. The van der Waals surface area contributed by atoms with Crippen molar-refractivity contribution in [1.82, 2.24) is 0 Å². The van der Waals surface area contributed by atoms with Gasteiger partial charge in [-0.2, -0.15) is 0 Å². The molecule has 5 fully saturated rings. The van der Waals surface area contributed by atoms with E-state index in [4.69, 9.17) is 10.5 Å². The van der Waals surface area contributed by atoms with Gasteiger partial charge in [0.05, 0.1) is 17.8 Å². The Morgan fingerprint density at radius 3 is 2.22 bits per heavy atom. The van der Waals surface area contributed by atoms with Gasteiger partial charge >= 0.3 is 24.4 Å². The predicted octanol–water partition coefficient (Wildman–Crippen LogP) is -0.523. The lowest BCUT2D eigenvalue weighted by Gasteiger charge is -2.42. The topological polar surface area (TPSA) is 113 Å². The van der Waals surface area contributed by atoms with Crippen LogP contribution in [0.5, 0.6) is 0 Å². The van der Waals surface area contributed by atoms with Gasteiger partial charge in [0, 0.05) is 6.04 Å². The van der Waals surface area contributed by atoms with E-state index in [2.05, 4.69) is 4.74 Å². The molecule has 4 aliphatic carbocycles. The molecular formula is C16H17NO6. The van der Waals surface area contributed by atoms with Crippen LogP contribution in [-0.4, -0.2) is 30.4 Å². The van der Waals surface area contributed by atoms with Gasteiger partial charge in [-0.15, -0.1) is 0 Å². The SMILES string of the molecule is N[C@@H]1[C@H](C(=O)OC=O)[C@@H]2C[C@H]1C1C2[C@H]2C[C@@H]1[C@@H]1C(=O)OC(=O)[C@@H]12. The summed E-state index contributed by atoms with van der Waals surface area (Å²) < 4.78 is 9.41. The Bertz CT molecular complexity index is 646. The fourth-order valence-electron chi connectivity index (χ4n) is 7.03. The van der Waals surface area contributed by atoms with Gasteiger partial charge in [0.15, 0.2) is 0 Å². The van der Waals surface area contributed by atoms with Gasteiger partial charge in [-0.1, -0.05) is 0 Å². The summed E-state index contributed by atoms with van der Waals surface area (Å²) in [4.78, 5) is 46.6. The van der Waals surface area contributed by atoms with Crippen molar-refractivity contribution in [2.75, 3.05) is 0 Å². The van der Waals surface area contributed by atoms with E-state index < -0.39 is 17.9 Å². The maximum absolute atomic E-state index is 12.1. The zero-order valence-electron chi connectivity index (χ0n) is 12.3. The second kappa shape index (κ2) is 4.20. The summed E-state index contributed by atoms with van der Waals surface area (Å²) in [6.45, 7) is 0.155. The molecule has 4 bridgehead atoms. The summed E-state index contributed by atoms with van der Waals surface area (Å²) in [5.41, 5.74) is 6.28. The zero-order chi connectivity index (χ0) is 16.0. The van der Waals surface area contributed by atoms with E-state index in [9.17, 15) is 19.2 Å². The lowest BCUT2D eigenvalue weighted by atomic mass is 9.61. The van der Waals surface area contributed by atoms with E-state index >= 15 is 0 Å². The Morgan fingerprint density at radius 1 is 1.04 bits per heavy atom. The largest absolute Gasteiger partial charge is 0.395 e. The molecule has 5 rings (SSSR count). The van der Waals surface area contributed by atoms with Crippen molar-refractivity contribution in [3.8, 4) is 0 Å². The third-order valence-corrected chi connectivity index (χ3v) is 7.37. The molecule has 23 heavy (non-hydrogen) atoms. The maximum atomic E-state index is 12.1. The van der Waals surface area contributed by atoms with Crippen molar-refractivity contribution >= 4 is 24.4 Å². The molecule has 0 amide bonds. The van der Waals surface area contributed by atoms with Crippen molar-refractivity contribution in [2.24, 2.45) is 59.0 Å². The van der Waals surface area contributed by atoms with Crippen LogP contribution in [0.3, 0.4) is 0 Å². The second-order valence-electron chi connectivity index (χ2n) is 7.71. The number of carbonyl (C=O) groups excluding carboxylic acids is 4. The summed E-state index contributed by atoms with van der Waals surface area (Å²) in [5, 5.41) is 0.